The molecule has 0 radical (unpaired) electrons. The highest BCUT2D eigenvalue weighted by Gasteiger charge is 2.30. The van der Waals surface area contributed by atoms with Gasteiger partial charge < -0.3 is 10.6 Å². The molecule has 0 bridgehead atoms. The second-order valence-electron chi connectivity index (χ2n) is 7.47. The topological polar surface area (TPSA) is 129 Å². The summed E-state index contributed by atoms with van der Waals surface area (Å²) in [5.74, 6) is -0.631. The number of aromatic nitrogens is 2. The van der Waals surface area contributed by atoms with Crippen LogP contribution in [0, 0.1) is 0 Å². The Hall–Kier alpha value is -3.02. The normalized spacial score (nSPS) is 16.1. The molecule has 1 aliphatic heterocycles. The number of carbonyl (C=O) groups is 1. The van der Waals surface area contributed by atoms with Crippen LogP contribution in [0.25, 0.3) is 6.08 Å². The summed E-state index contributed by atoms with van der Waals surface area (Å²) in [5.41, 5.74) is 5.10. The van der Waals surface area contributed by atoms with Gasteiger partial charge in [0.1, 0.15) is 17.9 Å². The Morgan fingerprint density at radius 1 is 1.10 bits per heavy atom. The lowest BCUT2D eigenvalue weighted by molar-refractivity contribution is -0.895. The lowest BCUT2D eigenvalue weighted by Gasteiger charge is -2.30. The van der Waals surface area contributed by atoms with Crippen molar-refractivity contribution < 1.29 is 18.1 Å². The van der Waals surface area contributed by atoms with Crippen LogP contribution < -0.4 is 21.9 Å². The van der Waals surface area contributed by atoms with Crippen LogP contribution in [0.15, 0.2) is 45.3 Å². The standard InChI is InChI=1S/C20H25N5O5S/c1-22-18(21)17(19(27)23(2)20(22)28)16(26)14-24-9-11-25(12-10-24)31(29,30)13-8-15-6-4-3-5-7-15/h3-8,13H,9-12,14,21H2,1-2H3/p+1/b13-8+. The van der Waals surface area contributed by atoms with Gasteiger partial charge in [0.15, 0.2) is 0 Å². The zero-order chi connectivity index (χ0) is 22.8. The number of hydrogen-bond acceptors (Lipinski definition) is 6. The van der Waals surface area contributed by atoms with Gasteiger partial charge in [0, 0.05) is 19.5 Å². The molecule has 1 saturated heterocycles. The van der Waals surface area contributed by atoms with E-state index in [9.17, 15) is 22.8 Å². The smallest absolute Gasteiger partial charge is 0.332 e. The quantitative estimate of drug-likeness (QED) is 0.494. The van der Waals surface area contributed by atoms with Crippen molar-refractivity contribution in [2.24, 2.45) is 14.1 Å². The van der Waals surface area contributed by atoms with E-state index in [1.807, 2.05) is 30.3 Å². The number of quaternary nitrogens is 1. The van der Waals surface area contributed by atoms with Crippen molar-refractivity contribution in [3.8, 4) is 0 Å². The first-order valence-electron chi connectivity index (χ1n) is 9.77. The summed E-state index contributed by atoms with van der Waals surface area (Å²) in [6, 6.07) is 9.14. The summed E-state index contributed by atoms with van der Waals surface area (Å²) >= 11 is 0. The molecule has 1 aromatic carbocycles. The summed E-state index contributed by atoms with van der Waals surface area (Å²) in [6.45, 7) is 1.33. The Kier molecular flexibility index (Phi) is 6.58. The zero-order valence-electron chi connectivity index (χ0n) is 17.4. The highest BCUT2D eigenvalue weighted by molar-refractivity contribution is 7.92. The largest absolute Gasteiger partial charge is 0.384 e. The minimum absolute atomic E-state index is 0.00855. The summed E-state index contributed by atoms with van der Waals surface area (Å²) in [5, 5.41) is 1.19. The van der Waals surface area contributed by atoms with E-state index in [0.29, 0.717) is 13.1 Å². The van der Waals surface area contributed by atoms with Gasteiger partial charge in [-0.05, 0) is 11.6 Å². The maximum absolute atomic E-state index is 12.7. The number of benzene rings is 1. The molecule has 11 heteroatoms. The molecular formula is C20H26N5O5S+. The van der Waals surface area contributed by atoms with E-state index in [-0.39, 0.29) is 31.0 Å². The molecule has 1 aromatic heterocycles. The fraction of sp³-hybridized carbons (Fsp3) is 0.350. The molecule has 3 N–H and O–H groups in total. The van der Waals surface area contributed by atoms with Crippen LogP contribution in [0.5, 0.6) is 0 Å². The Bertz CT molecular complexity index is 1220. The fourth-order valence-electron chi connectivity index (χ4n) is 3.49. The molecule has 166 valence electrons. The lowest BCUT2D eigenvalue weighted by Crippen LogP contribution is -3.15. The fourth-order valence-corrected chi connectivity index (χ4v) is 4.68. The highest BCUT2D eigenvalue weighted by atomic mass is 32.2. The van der Waals surface area contributed by atoms with Crippen molar-refractivity contribution in [3.63, 3.8) is 0 Å². The van der Waals surface area contributed by atoms with Gasteiger partial charge in [0.25, 0.3) is 5.56 Å². The van der Waals surface area contributed by atoms with Crippen LogP contribution in [0.4, 0.5) is 5.82 Å². The number of nitrogens with two attached hydrogens (primary N) is 1. The van der Waals surface area contributed by atoms with Crippen LogP contribution in [0.3, 0.4) is 0 Å². The van der Waals surface area contributed by atoms with Crippen LogP contribution in [0.1, 0.15) is 15.9 Å². The first kappa shape index (κ1) is 22.7. The molecule has 1 fully saturated rings. The number of sulfonamides is 1. The summed E-state index contributed by atoms with van der Waals surface area (Å²) in [4.78, 5) is 37.9. The van der Waals surface area contributed by atoms with Gasteiger partial charge in [-0.1, -0.05) is 30.3 Å². The van der Waals surface area contributed by atoms with Crippen LogP contribution in [0.2, 0.25) is 0 Å². The van der Waals surface area contributed by atoms with Crippen molar-refractivity contribution in [2.75, 3.05) is 38.5 Å². The van der Waals surface area contributed by atoms with E-state index in [0.717, 1.165) is 19.6 Å². The van der Waals surface area contributed by atoms with Crippen LogP contribution >= 0.6 is 0 Å². The maximum Gasteiger partial charge on any atom is 0.332 e. The molecular weight excluding hydrogens is 422 g/mol. The number of anilines is 1. The van der Waals surface area contributed by atoms with E-state index in [1.54, 1.807) is 6.08 Å². The minimum Gasteiger partial charge on any atom is -0.384 e. The third-order valence-electron chi connectivity index (χ3n) is 5.42. The molecule has 2 aromatic rings. The van der Waals surface area contributed by atoms with Gasteiger partial charge in [-0.15, -0.1) is 0 Å². The summed E-state index contributed by atoms with van der Waals surface area (Å²) < 4.78 is 28.4. The molecule has 1 aliphatic rings. The number of piperazine rings is 1. The first-order valence-corrected chi connectivity index (χ1v) is 11.3. The number of nitrogens with zero attached hydrogens (tertiary/aromatic N) is 3. The first-order chi connectivity index (χ1) is 14.6. The van der Waals surface area contributed by atoms with E-state index in [2.05, 4.69) is 0 Å². The summed E-state index contributed by atoms with van der Waals surface area (Å²) in [6.07, 6.45) is 1.55. The molecule has 0 atom stereocenters. The van der Waals surface area contributed by atoms with Gasteiger partial charge in [0.05, 0.1) is 26.2 Å². The predicted octanol–water partition coefficient (Wildman–Crippen LogP) is -1.95. The Morgan fingerprint density at radius 2 is 1.71 bits per heavy atom. The van der Waals surface area contributed by atoms with Crippen molar-refractivity contribution >= 4 is 27.7 Å². The van der Waals surface area contributed by atoms with Crippen LogP contribution in [-0.2, 0) is 24.1 Å². The van der Waals surface area contributed by atoms with E-state index >= 15 is 0 Å². The molecule has 2 heterocycles. The second kappa shape index (κ2) is 9.00. The molecule has 10 nitrogen and oxygen atoms in total. The average Bonchev–Trinajstić information content (AvgIpc) is 2.76. The maximum atomic E-state index is 12.7. The number of ketones is 1. The monoisotopic (exact) mass is 448 g/mol. The van der Waals surface area contributed by atoms with Crippen molar-refractivity contribution in [1.29, 1.82) is 0 Å². The molecule has 3 rings (SSSR count). The predicted molar refractivity (Wildman–Crippen MR) is 117 cm³/mol. The van der Waals surface area contributed by atoms with Gasteiger partial charge in [-0.25, -0.2) is 13.2 Å². The third-order valence-corrected chi connectivity index (χ3v) is 6.99. The summed E-state index contributed by atoms with van der Waals surface area (Å²) in [7, 11) is -0.884. The molecule has 0 spiro atoms. The van der Waals surface area contributed by atoms with Crippen molar-refractivity contribution in [1.82, 2.24) is 13.4 Å². The minimum atomic E-state index is -3.57. The number of hydrogen-bond donors (Lipinski definition) is 2. The second-order valence-corrected chi connectivity index (χ2v) is 9.29. The Morgan fingerprint density at radius 3 is 2.32 bits per heavy atom. The average molecular weight is 449 g/mol. The SMILES string of the molecule is Cn1c(N)c(C(=O)C[NH+]2CCN(S(=O)(=O)/C=C/c3ccccc3)CC2)c(=O)n(C)c1=O. The Balaban J connectivity index is 1.66. The van der Waals surface area contributed by atoms with Gasteiger partial charge >= 0.3 is 5.69 Å². The molecule has 31 heavy (non-hydrogen) atoms. The van der Waals surface area contributed by atoms with Gasteiger partial charge in [-0.3, -0.25) is 18.7 Å². The number of nitrogens with one attached hydrogen (secondary N) is 1. The third kappa shape index (κ3) is 4.84. The van der Waals surface area contributed by atoms with E-state index in [4.69, 9.17) is 5.73 Å². The van der Waals surface area contributed by atoms with Crippen molar-refractivity contribution in [2.45, 2.75) is 0 Å². The van der Waals surface area contributed by atoms with Crippen molar-refractivity contribution in [3.05, 3.63) is 67.7 Å². The van der Waals surface area contributed by atoms with E-state index in [1.165, 1.54) is 23.8 Å². The van der Waals surface area contributed by atoms with Gasteiger partial charge in [0.2, 0.25) is 15.8 Å². The number of rotatable bonds is 6. The number of Topliss-reactive ketones (excluding diaryl/α,β-unsaturated/α-hetero) is 1. The van der Waals surface area contributed by atoms with E-state index < -0.39 is 27.1 Å². The molecule has 0 aliphatic carbocycles. The zero-order valence-corrected chi connectivity index (χ0v) is 18.3. The highest BCUT2D eigenvalue weighted by Crippen LogP contribution is 2.08. The van der Waals surface area contributed by atoms with Gasteiger partial charge in [-0.2, -0.15) is 4.31 Å². The molecule has 0 amide bonds. The number of nitrogen functional groups attached to an aromatic ring is 1. The molecule has 0 unspecified atom stereocenters. The number of carbonyl (C=O) groups excluding carboxylic acids is 1. The Labute approximate surface area is 179 Å². The van der Waals surface area contributed by atoms with Crippen LogP contribution in [-0.4, -0.2) is 60.4 Å². The molecule has 0 saturated carbocycles. The lowest BCUT2D eigenvalue weighted by atomic mass is 10.1.